The Bertz CT molecular complexity index is 502. The number of primary amides is 1. The van der Waals surface area contributed by atoms with E-state index < -0.39 is 46.3 Å². The van der Waals surface area contributed by atoms with Crippen LogP contribution in [0.2, 0.25) is 0 Å². The number of amides is 2. The van der Waals surface area contributed by atoms with E-state index in [1.54, 1.807) is 13.8 Å². The van der Waals surface area contributed by atoms with Gasteiger partial charge in [0, 0.05) is 0 Å². The van der Waals surface area contributed by atoms with E-state index in [4.69, 9.17) is 10.8 Å². The van der Waals surface area contributed by atoms with Crippen LogP contribution in [0.4, 0.5) is 0 Å². The minimum Gasteiger partial charge on any atom is -0.480 e. The lowest BCUT2D eigenvalue weighted by atomic mass is 10.0. The van der Waals surface area contributed by atoms with Crippen molar-refractivity contribution in [1.82, 2.24) is 10.0 Å². The molecule has 9 nitrogen and oxygen atoms in total. The Labute approximate surface area is 123 Å². The molecular weight excluding hydrogens is 302 g/mol. The Morgan fingerprint density at radius 3 is 2.05 bits per heavy atom. The maximum Gasteiger partial charge on any atom is 0.326 e. The average molecular weight is 323 g/mol. The van der Waals surface area contributed by atoms with Gasteiger partial charge in [0.2, 0.25) is 21.8 Å². The molecule has 2 atom stereocenters. The van der Waals surface area contributed by atoms with Gasteiger partial charge in [-0.15, -0.1) is 0 Å². The van der Waals surface area contributed by atoms with E-state index in [9.17, 15) is 22.8 Å². The molecule has 0 aliphatic rings. The minimum absolute atomic E-state index is 0.00517. The largest absolute Gasteiger partial charge is 0.480 e. The highest BCUT2D eigenvalue weighted by molar-refractivity contribution is 7.88. The highest BCUT2D eigenvalue weighted by Crippen LogP contribution is 2.07. The maximum atomic E-state index is 12.0. The first-order valence-corrected chi connectivity index (χ1v) is 8.10. The number of rotatable bonds is 9. The minimum atomic E-state index is -3.64. The Hall–Kier alpha value is -1.68. The van der Waals surface area contributed by atoms with Gasteiger partial charge in [-0.05, 0) is 12.3 Å². The number of carboxylic acid groups (broad SMARTS) is 1. The Balaban J connectivity index is 5.00. The number of hydrogen-bond acceptors (Lipinski definition) is 5. The summed E-state index contributed by atoms with van der Waals surface area (Å²) in [5.41, 5.74) is 4.90. The van der Waals surface area contributed by atoms with Gasteiger partial charge in [0.15, 0.2) is 0 Å². The summed E-state index contributed by atoms with van der Waals surface area (Å²) >= 11 is 0. The third-order valence-corrected chi connectivity index (χ3v) is 3.11. The molecule has 0 spiro atoms. The lowest BCUT2D eigenvalue weighted by Gasteiger charge is -2.21. The van der Waals surface area contributed by atoms with Crippen LogP contribution >= 0.6 is 0 Å². The van der Waals surface area contributed by atoms with E-state index in [2.05, 4.69) is 10.0 Å². The van der Waals surface area contributed by atoms with Crippen molar-refractivity contribution < 1.29 is 27.9 Å². The van der Waals surface area contributed by atoms with E-state index in [-0.39, 0.29) is 12.3 Å². The van der Waals surface area contributed by atoms with Gasteiger partial charge in [0.1, 0.15) is 12.1 Å². The molecule has 0 aromatic heterocycles. The number of carbonyl (C=O) groups is 3. The number of nitrogens with two attached hydrogens (primary N) is 1. The number of hydrogen-bond donors (Lipinski definition) is 4. The first kappa shape index (κ1) is 19.3. The standard InChI is InChI=1S/C11H21N3O6S/c1-6(2)4-7(14-21(3,19)20)10(16)13-8(11(17)18)5-9(12)15/h6-8,14H,4-5H2,1-3H3,(H2,12,15)(H,13,16)(H,17,18)/t7?,8-/m1/s1. The van der Waals surface area contributed by atoms with E-state index in [0.29, 0.717) is 0 Å². The summed E-state index contributed by atoms with van der Waals surface area (Å²) in [6.45, 7) is 3.56. The van der Waals surface area contributed by atoms with E-state index in [1.807, 2.05) is 0 Å². The molecule has 0 heterocycles. The summed E-state index contributed by atoms with van der Waals surface area (Å²) in [6.07, 6.45) is 0.502. The molecule has 122 valence electrons. The van der Waals surface area contributed by atoms with Gasteiger partial charge in [0.05, 0.1) is 12.7 Å². The zero-order chi connectivity index (χ0) is 16.8. The number of carboxylic acids is 1. The van der Waals surface area contributed by atoms with Gasteiger partial charge in [-0.2, -0.15) is 0 Å². The number of aliphatic carboxylic acids is 1. The van der Waals surface area contributed by atoms with Gasteiger partial charge in [-0.1, -0.05) is 13.8 Å². The van der Waals surface area contributed by atoms with Crippen LogP contribution in [-0.2, 0) is 24.4 Å². The van der Waals surface area contributed by atoms with Crippen LogP contribution in [-0.4, -0.2) is 49.6 Å². The van der Waals surface area contributed by atoms with Gasteiger partial charge in [-0.25, -0.2) is 17.9 Å². The number of sulfonamides is 1. The fraction of sp³-hybridized carbons (Fsp3) is 0.727. The van der Waals surface area contributed by atoms with Crippen molar-refractivity contribution in [2.24, 2.45) is 11.7 Å². The highest BCUT2D eigenvalue weighted by atomic mass is 32.2. The van der Waals surface area contributed by atoms with Crippen molar-refractivity contribution in [2.75, 3.05) is 6.26 Å². The summed E-state index contributed by atoms with van der Waals surface area (Å²) in [7, 11) is -3.64. The maximum absolute atomic E-state index is 12.0. The van der Waals surface area contributed by atoms with Crippen molar-refractivity contribution in [1.29, 1.82) is 0 Å². The van der Waals surface area contributed by atoms with Crippen molar-refractivity contribution >= 4 is 27.8 Å². The second-order valence-electron chi connectivity index (χ2n) is 5.14. The van der Waals surface area contributed by atoms with Crippen LogP contribution < -0.4 is 15.8 Å². The first-order valence-electron chi connectivity index (χ1n) is 6.21. The first-order chi connectivity index (χ1) is 9.42. The zero-order valence-electron chi connectivity index (χ0n) is 12.1. The van der Waals surface area contributed by atoms with E-state index in [1.165, 1.54) is 0 Å². The molecule has 0 saturated carbocycles. The summed E-state index contributed by atoms with van der Waals surface area (Å²) in [6, 6.07) is -2.61. The molecule has 0 rings (SSSR count). The normalized spacial score (nSPS) is 14.5. The Morgan fingerprint density at radius 1 is 1.19 bits per heavy atom. The van der Waals surface area contributed by atoms with Gasteiger partial charge >= 0.3 is 5.97 Å². The monoisotopic (exact) mass is 323 g/mol. The second kappa shape index (κ2) is 7.93. The summed E-state index contributed by atoms with van der Waals surface area (Å²) in [5.74, 6) is -3.14. The predicted octanol–water partition coefficient (Wildman–Crippen LogP) is -1.60. The third-order valence-electron chi connectivity index (χ3n) is 2.40. The van der Waals surface area contributed by atoms with Crippen molar-refractivity contribution in [2.45, 2.75) is 38.8 Å². The van der Waals surface area contributed by atoms with E-state index >= 15 is 0 Å². The lowest BCUT2D eigenvalue weighted by Crippen LogP contribution is -2.52. The lowest BCUT2D eigenvalue weighted by molar-refractivity contribution is -0.143. The second-order valence-corrected chi connectivity index (χ2v) is 6.92. The van der Waals surface area contributed by atoms with E-state index in [0.717, 1.165) is 6.26 Å². The highest BCUT2D eigenvalue weighted by Gasteiger charge is 2.28. The smallest absolute Gasteiger partial charge is 0.326 e. The third kappa shape index (κ3) is 8.97. The summed E-state index contributed by atoms with van der Waals surface area (Å²) in [5, 5.41) is 11.0. The topological polar surface area (TPSA) is 156 Å². The molecule has 0 aromatic carbocycles. The molecule has 10 heteroatoms. The van der Waals surface area contributed by atoms with Gasteiger partial charge < -0.3 is 16.2 Å². The molecule has 0 aliphatic carbocycles. The molecular formula is C11H21N3O6S. The fourth-order valence-electron chi connectivity index (χ4n) is 1.61. The number of nitrogens with one attached hydrogen (secondary N) is 2. The van der Waals surface area contributed by atoms with Crippen LogP contribution in [0.1, 0.15) is 26.7 Å². The number of carbonyl (C=O) groups excluding carboxylic acids is 2. The van der Waals surface area contributed by atoms with Crippen molar-refractivity contribution in [3.8, 4) is 0 Å². The van der Waals surface area contributed by atoms with Gasteiger partial charge in [-0.3, -0.25) is 9.59 Å². The molecule has 0 radical (unpaired) electrons. The molecule has 0 aromatic rings. The molecule has 5 N–H and O–H groups in total. The molecule has 1 unspecified atom stereocenters. The molecule has 2 amide bonds. The van der Waals surface area contributed by atoms with Crippen LogP contribution in [0.5, 0.6) is 0 Å². The Kier molecular flexibility index (Phi) is 7.30. The zero-order valence-corrected chi connectivity index (χ0v) is 12.9. The van der Waals surface area contributed by atoms with Crippen molar-refractivity contribution in [3.63, 3.8) is 0 Å². The van der Waals surface area contributed by atoms with Crippen LogP contribution in [0, 0.1) is 5.92 Å². The van der Waals surface area contributed by atoms with Crippen LogP contribution in [0.3, 0.4) is 0 Å². The van der Waals surface area contributed by atoms with Crippen LogP contribution in [0.15, 0.2) is 0 Å². The van der Waals surface area contributed by atoms with Gasteiger partial charge in [0.25, 0.3) is 0 Å². The van der Waals surface area contributed by atoms with Crippen molar-refractivity contribution in [3.05, 3.63) is 0 Å². The molecule has 21 heavy (non-hydrogen) atoms. The average Bonchev–Trinajstić information content (AvgIpc) is 2.23. The summed E-state index contributed by atoms with van der Waals surface area (Å²) < 4.78 is 24.6. The SMILES string of the molecule is CC(C)CC(NS(C)(=O)=O)C(=O)N[C@H](CC(N)=O)C(=O)O. The molecule has 0 aliphatic heterocycles. The fourth-order valence-corrected chi connectivity index (χ4v) is 2.33. The quantitative estimate of drug-likeness (QED) is 0.400. The predicted molar refractivity (Wildman–Crippen MR) is 74.6 cm³/mol. The Morgan fingerprint density at radius 2 is 1.71 bits per heavy atom. The van der Waals surface area contributed by atoms with Crippen LogP contribution in [0.25, 0.3) is 0 Å². The molecule has 0 fully saturated rings. The molecule has 0 saturated heterocycles. The molecule has 0 bridgehead atoms. The summed E-state index contributed by atoms with van der Waals surface area (Å²) in [4.78, 5) is 33.7.